The van der Waals surface area contributed by atoms with Gasteiger partial charge in [0.25, 0.3) is 5.65 Å². The van der Waals surface area contributed by atoms with Crippen LogP contribution in [0.15, 0.2) is 31.1 Å². The first-order valence-electron chi connectivity index (χ1n) is 10.6. The van der Waals surface area contributed by atoms with E-state index in [4.69, 9.17) is 14.5 Å². The smallest absolute Gasteiger partial charge is 0.294 e. The van der Waals surface area contributed by atoms with Crippen molar-refractivity contribution in [3.8, 4) is 11.5 Å². The number of nitrogens with one attached hydrogen (secondary N) is 2. The van der Waals surface area contributed by atoms with Gasteiger partial charge in [0.15, 0.2) is 17.0 Å². The molecule has 30 heavy (non-hydrogen) atoms. The van der Waals surface area contributed by atoms with Crippen LogP contribution in [0, 0.1) is 0 Å². The molecule has 7 heteroatoms. The molecule has 0 bridgehead atoms. The summed E-state index contributed by atoms with van der Waals surface area (Å²) in [6.07, 6.45) is 6.78. The van der Waals surface area contributed by atoms with Gasteiger partial charge in [-0.3, -0.25) is 0 Å². The van der Waals surface area contributed by atoms with Crippen molar-refractivity contribution in [1.82, 2.24) is 15.0 Å². The number of aromatic amines is 1. The van der Waals surface area contributed by atoms with Crippen LogP contribution < -0.4 is 19.4 Å². The quantitative estimate of drug-likeness (QED) is 0.549. The van der Waals surface area contributed by atoms with E-state index in [9.17, 15) is 0 Å². The van der Waals surface area contributed by atoms with Crippen LogP contribution in [0.4, 0.5) is 5.82 Å². The van der Waals surface area contributed by atoms with Crippen molar-refractivity contribution in [2.75, 3.05) is 19.0 Å². The molecule has 0 amide bonds. The molecule has 0 unspecified atom stereocenters. The summed E-state index contributed by atoms with van der Waals surface area (Å²) in [7, 11) is 1.68. The van der Waals surface area contributed by atoms with Gasteiger partial charge in [-0.2, -0.15) is 0 Å². The highest BCUT2D eigenvalue weighted by atomic mass is 16.5. The number of allylic oxidation sites excluding steroid dienone is 1. The molecule has 0 spiro atoms. The Morgan fingerprint density at radius 1 is 1.30 bits per heavy atom. The molecule has 0 aliphatic heterocycles. The second kappa shape index (κ2) is 8.73. The number of aromatic nitrogens is 4. The molecule has 158 valence electrons. The number of rotatable bonds is 8. The number of benzene rings is 1. The Labute approximate surface area is 177 Å². The fourth-order valence-corrected chi connectivity index (χ4v) is 3.90. The number of methoxy groups -OCH3 is 1. The second-order valence-corrected chi connectivity index (χ2v) is 7.83. The normalized spacial score (nSPS) is 14.2. The lowest BCUT2D eigenvalue weighted by Crippen LogP contribution is -2.36. The van der Waals surface area contributed by atoms with Crippen LogP contribution in [0.25, 0.3) is 16.7 Å². The molecule has 3 aromatic rings. The number of H-pyrrole nitrogens is 1. The highest BCUT2D eigenvalue weighted by Crippen LogP contribution is 2.32. The zero-order chi connectivity index (χ0) is 21.1. The van der Waals surface area contributed by atoms with Gasteiger partial charge in [0, 0.05) is 12.1 Å². The summed E-state index contributed by atoms with van der Waals surface area (Å²) in [6, 6.07) is 6.10. The van der Waals surface area contributed by atoms with Crippen LogP contribution in [0.2, 0.25) is 0 Å². The number of imidazole rings is 1. The van der Waals surface area contributed by atoms with Crippen LogP contribution in [0.3, 0.4) is 0 Å². The van der Waals surface area contributed by atoms with Gasteiger partial charge in [-0.1, -0.05) is 22.6 Å². The molecule has 7 nitrogen and oxygen atoms in total. The van der Waals surface area contributed by atoms with Crippen molar-refractivity contribution in [2.24, 2.45) is 0 Å². The molecule has 2 aromatic heterocycles. The lowest BCUT2D eigenvalue weighted by Gasteiger charge is -2.16. The van der Waals surface area contributed by atoms with E-state index in [0.717, 1.165) is 64.8 Å². The minimum absolute atomic E-state index is 0.277. The SMILES string of the molecule is C=C(C)c1nc2c([nH]1)c(NCC)nc[n+]2Cc1ccc(OC)c(OC2CCCC2)c1. The van der Waals surface area contributed by atoms with Crippen molar-refractivity contribution in [3.05, 3.63) is 42.5 Å². The third kappa shape index (κ3) is 4.10. The van der Waals surface area contributed by atoms with Gasteiger partial charge < -0.3 is 19.8 Å². The van der Waals surface area contributed by atoms with E-state index in [1.165, 1.54) is 12.8 Å². The van der Waals surface area contributed by atoms with Crippen LogP contribution in [0.1, 0.15) is 50.9 Å². The average Bonchev–Trinajstić information content (AvgIpc) is 3.40. The topological polar surface area (TPSA) is 75.9 Å². The molecule has 2 N–H and O–H groups in total. The van der Waals surface area contributed by atoms with Gasteiger partial charge in [0.05, 0.1) is 19.8 Å². The van der Waals surface area contributed by atoms with Crippen molar-refractivity contribution >= 4 is 22.6 Å². The van der Waals surface area contributed by atoms with Crippen LogP contribution in [0.5, 0.6) is 11.5 Å². The van der Waals surface area contributed by atoms with Gasteiger partial charge in [-0.25, -0.2) is 4.57 Å². The third-order valence-corrected chi connectivity index (χ3v) is 5.45. The number of ether oxygens (including phenoxy) is 2. The Morgan fingerprint density at radius 2 is 2.10 bits per heavy atom. The molecule has 1 saturated carbocycles. The van der Waals surface area contributed by atoms with E-state index in [2.05, 4.69) is 34.0 Å². The van der Waals surface area contributed by atoms with Crippen LogP contribution >= 0.6 is 0 Å². The fraction of sp³-hybridized carbons (Fsp3) is 0.435. The van der Waals surface area contributed by atoms with Crippen molar-refractivity contribution in [3.63, 3.8) is 0 Å². The van der Waals surface area contributed by atoms with Crippen LogP contribution in [-0.2, 0) is 6.54 Å². The maximum atomic E-state index is 6.26. The van der Waals surface area contributed by atoms with Crippen molar-refractivity contribution in [1.29, 1.82) is 0 Å². The summed E-state index contributed by atoms with van der Waals surface area (Å²) in [6.45, 7) is 9.42. The van der Waals surface area contributed by atoms with Gasteiger partial charge >= 0.3 is 0 Å². The monoisotopic (exact) mass is 408 g/mol. The second-order valence-electron chi connectivity index (χ2n) is 7.83. The molecular weight excluding hydrogens is 378 g/mol. The molecule has 1 aliphatic rings. The first-order chi connectivity index (χ1) is 14.6. The van der Waals surface area contributed by atoms with Crippen LogP contribution in [-0.4, -0.2) is 34.7 Å². The summed E-state index contributed by atoms with van der Waals surface area (Å²) >= 11 is 0. The van der Waals surface area contributed by atoms with Crippen molar-refractivity contribution < 1.29 is 14.0 Å². The third-order valence-electron chi connectivity index (χ3n) is 5.45. The first-order valence-corrected chi connectivity index (χ1v) is 10.6. The first kappa shape index (κ1) is 20.2. The lowest BCUT2D eigenvalue weighted by atomic mass is 10.2. The number of fused-ring (bicyclic) bond motifs is 1. The predicted molar refractivity (Wildman–Crippen MR) is 118 cm³/mol. The van der Waals surface area contributed by atoms with E-state index >= 15 is 0 Å². The average molecular weight is 409 g/mol. The van der Waals surface area contributed by atoms with E-state index in [0.29, 0.717) is 6.54 Å². The summed E-state index contributed by atoms with van der Waals surface area (Å²) in [5.41, 5.74) is 3.71. The summed E-state index contributed by atoms with van der Waals surface area (Å²) < 4.78 is 13.8. The van der Waals surface area contributed by atoms with E-state index in [1.807, 2.05) is 30.8 Å². The largest absolute Gasteiger partial charge is 0.493 e. The Balaban J connectivity index is 1.68. The Kier molecular flexibility index (Phi) is 5.88. The Morgan fingerprint density at radius 3 is 2.80 bits per heavy atom. The van der Waals surface area contributed by atoms with Gasteiger partial charge in [0.1, 0.15) is 0 Å². The number of hydrogen-bond donors (Lipinski definition) is 2. The minimum Gasteiger partial charge on any atom is -0.493 e. The molecule has 1 aliphatic carbocycles. The Hall–Kier alpha value is -3.09. The molecule has 0 radical (unpaired) electrons. The molecular formula is C23H30N5O2+. The maximum absolute atomic E-state index is 6.26. The summed E-state index contributed by atoms with van der Waals surface area (Å²) in [4.78, 5) is 12.7. The number of anilines is 1. The zero-order valence-electron chi connectivity index (χ0n) is 18.0. The van der Waals surface area contributed by atoms with Crippen molar-refractivity contribution in [2.45, 2.75) is 52.2 Å². The predicted octanol–water partition coefficient (Wildman–Crippen LogP) is 4.09. The number of hydrogen-bond acceptors (Lipinski definition) is 5. The molecule has 0 saturated heterocycles. The molecule has 0 atom stereocenters. The van der Waals surface area contributed by atoms with Gasteiger partial charge in [-0.15, -0.1) is 0 Å². The maximum Gasteiger partial charge on any atom is 0.294 e. The Bertz CT molecular complexity index is 1050. The van der Waals surface area contributed by atoms with E-state index < -0.39 is 0 Å². The highest BCUT2D eigenvalue weighted by molar-refractivity contribution is 5.82. The minimum atomic E-state index is 0.277. The summed E-state index contributed by atoms with van der Waals surface area (Å²) in [5.74, 6) is 3.14. The van der Waals surface area contributed by atoms with Gasteiger partial charge in [-0.05, 0) is 57.2 Å². The standard InChI is InChI=1S/C23H29N5O2/c1-5-24-22-20-23(27-21(26-20)15(2)3)28(14-25-22)13-16-10-11-18(29-4)19(12-16)30-17-8-6-7-9-17/h10-12,14,17H,2,5-9,13H2,1,3-4H3,(H,24,26,27)/p+1. The molecule has 1 aromatic carbocycles. The zero-order valence-corrected chi connectivity index (χ0v) is 18.0. The molecule has 1 fully saturated rings. The molecule has 2 heterocycles. The van der Waals surface area contributed by atoms with E-state index in [-0.39, 0.29) is 6.10 Å². The van der Waals surface area contributed by atoms with Gasteiger partial charge in [0.2, 0.25) is 18.0 Å². The highest BCUT2D eigenvalue weighted by Gasteiger charge is 2.22. The van der Waals surface area contributed by atoms with E-state index in [1.54, 1.807) is 7.11 Å². The molecule has 4 rings (SSSR count). The summed E-state index contributed by atoms with van der Waals surface area (Å²) in [5, 5.41) is 3.30. The lowest BCUT2D eigenvalue weighted by molar-refractivity contribution is -0.667. The number of nitrogens with zero attached hydrogens (tertiary/aromatic N) is 3. The fourth-order valence-electron chi connectivity index (χ4n) is 3.90.